The lowest BCUT2D eigenvalue weighted by Gasteiger charge is -2.34. The molecule has 0 bridgehead atoms. The number of imide groups is 1. The molecular weight excluding hydrogens is 563 g/mol. The number of ether oxygens (including phenoxy) is 2. The quantitative estimate of drug-likeness (QED) is 0.318. The van der Waals surface area contributed by atoms with Crippen molar-refractivity contribution in [3.05, 3.63) is 75.5 Å². The first-order chi connectivity index (χ1) is 20.5. The summed E-state index contributed by atoms with van der Waals surface area (Å²) in [5, 5.41) is 10.9. The number of rotatable bonds is 7. The molecule has 2 aliphatic rings. The number of hydrogen-bond donors (Lipinski definition) is 1. The normalized spacial score (nSPS) is 20.2. The van der Waals surface area contributed by atoms with Crippen LogP contribution in [0.4, 0.5) is 4.39 Å². The van der Waals surface area contributed by atoms with Crippen LogP contribution in [0.1, 0.15) is 76.5 Å². The molecule has 8 nitrogen and oxygen atoms in total. The maximum Gasteiger partial charge on any atom is 0.254 e. The number of aryl methyl sites for hydroxylation is 3. The number of benzene rings is 2. The molecule has 1 aliphatic carbocycles. The summed E-state index contributed by atoms with van der Waals surface area (Å²) in [4.78, 5) is 39.8. The van der Waals surface area contributed by atoms with E-state index in [9.17, 15) is 23.9 Å². The van der Waals surface area contributed by atoms with E-state index in [2.05, 4.69) is 0 Å². The predicted molar refractivity (Wildman–Crippen MR) is 165 cm³/mol. The average molecular weight is 605 g/mol. The Bertz CT molecular complexity index is 1650. The zero-order valence-electron chi connectivity index (χ0n) is 26.5. The van der Waals surface area contributed by atoms with E-state index in [-0.39, 0.29) is 41.8 Å². The molecule has 44 heavy (non-hydrogen) atoms. The Labute approximate surface area is 257 Å². The van der Waals surface area contributed by atoms with Crippen LogP contribution in [0.15, 0.2) is 47.4 Å². The van der Waals surface area contributed by atoms with Gasteiger partial charge in [0, 0.05) is 42.9 Å². The highest BCUT2D eigenvalue weighted by molar-refractivity contribution is 6.05. The summed E-state index contributed by atoms with van der Waals surface area (Å²) in [7, 11) is 1.65. The molecular formula is C35H41FN2O6. The molecule has 2 amide bonds. The SMILES string of the molecule is Cc1cc(F)cc(C)c1Oc1ccc(C(C)(C)O)cc1-c1cn(C)c(=O)cc1OC1CCC(N2C(=O)CC(C)(C)C2=O)CC1. The topological polar surface area (TPSA) is 98.1 Å². The van der Waals surface area contributed by atoms with Crippen molar-refractivity contribution in [1.82, 2.24) is 9.47 Å². The number of amides is 2. The van der Waals surface area contributed by atoms with Crippen molar-refractivity contribution in [2.24, 2.45) is 12.5 Å². The fourth-order valence-electron chi connectivity index (χ4n) is 6.24. The van der Waals surface area contributed by atoms with E-state index in [4.69, 9.17) is 9.47 Å². The van der Waals surface area contributed by atoms with Gasteiger partial charge in [-0.1, -0.05) is 19.9 Å². The Balaban J connectivity index is 1.49. The van der Waals surface area contributed by atoms with Gasteiger partial charge in [0.05, 0.1) is 17.1 Å². The van der Waals surface area contributed by atoms with Crippen molar-refractivity contribution in [3.63, 3.8) is 0 Å². The number of halogens is 1. The van der Waals surface area contributed by atoms with Crippen molar-refractivity contribution in [2.75, 3.05) is 0 Å². The lowest BCUT2D eigenvalue weighted by Crippen LogP contribution is -2.44. The Hall–Kier alpha value is -3.98. The zero-order valence-corrected chi connectivity index (χ0v) is 26.5. The number of pyridine rings is 1. The monoisotopic (exact) mass is 604 g/mol. The lowest BCUT2D eigenvalue weighted by molar-refractivity contribution is -0.144. The fourth-order valence-corrected chi connectivity index (χ4v) is 6.24. The van der Waals surface area contributed by atoms with Crippen LogP contribution < -0.4 is 15.0 Å². The van der Waals surface area contributed by atoms with Crippen LogP contribution in [0.2, 0.25) is 0 Å². The smallest absolute Gasteiger partial charge is 0.254 e. The van der Waals surface area contributed by atoms with Crippen LogP contribution in [0.3, 0.4) is 0 Å². The van der Waals surface area contributed by atoms with Gasteiger partial charge < -0.3 is 19.1 Å². The summed E-state index contributed by atoms with van der Waals surface area (Å²) < 4.78 is 28.4. The first kappa shape index (κ1) is 31.4. The number of carbonyl (C=O) groups excluding carboxylic acids is 2. The standard InChI is InChI=1S/C35H41FN2O6/c1-20-14-23(36)15-21(2)32(20)44-28-13-8-22(35(5,6)42)16-26(28)27-19-37(7)30(39)17-29(27)43-25-11-9-24(10-12-25)38-31(40)18-34(3,4)33(38)41/h8,13-17,19,24-25,42H,9-12,18H2,1-7H3. The van der Waals surface area contributed by atoms with E-state index >= 15 is 0 Å². The summed E-state index contributed by atoms with van der Waals surface area (Å²) in [6.45, 7) is 10.5. The molecule has 0 spiro atoms. The number of nitrogens with zero attached hydrogens (tertiary/aromatic N) is 2. The van der Waals surface area contributed by atoms with Gasteiger partial charge in [-0.2, -0.15) is 0 Å². The third-order valence-electron chi connectivity index (χ3n) is 8.77. The van der Waals surface area contributed by atoms with Crippen molar-refractivity contribution in [2.45, 2.75) is 91.4 Å². The minimum atomic E-state index is -1.16. The maximum absolute atomic E-state index is 14.0. The highest BCUT2D eigenvalue weighted by atomic mass is 19.1. The molecule has 1 aromatic heterocycles. The fraction of sp³-hybridized carbons (Fsp3) is 0.457. The van der Waals surface area contributed by atoms with Crippen molar-refractivity contribution < 1.29 is 28.6 Å². The Kier molecular flexibility index (Phi) is 8.22. The van der Waals surface area contributed by atoms with Crippen LogP contribution >= 0.6 is 0 Å². The van der Waals surface area contributed by atoms with Gasteiger partial charge in [-0.05, 0) is 94.3 Å². The first-order valence-electron chi connectivity index (χ1n) is 15.1. The van der Waals surface area contributed by atoms with Gasteiger partial charge in [-0.3, -0.25) is 19.3 Å². The van der Waals surface area contributed by atoms with Crippen LogP contribution in [0.25, 0.3) is 11.1 Å². The highest BCUT2D eigenvalue weighted by Crippen LogP contribution is 2.43. The number of aliphatic hydroxyl groups is 1. The molecule has 2 heterocycles. The second-order valence-corrected chi connectivity index (χ2v) is 13.4. The third-order valence-corrected chi connectivity index (χ3v) is 8.77. The van der Waals surface area contributed by atoms with Crippen LogP contribution in [0, 0.1) is 25.1 Å². The number of hydrogen-bond acceptors (Lipinski definition) is 6. The highest BCUT2D eigenvalue weighted by Gasteiger charge is 2.48. The van der Waals surface area contributed by atoms with Crippen molar-refractivity contribution in [1.29, 1.82) is 0 Å². The van der Waals surface area contributed by atoms with Gasteiger partial charge in [0.2, 0.25) is 11.8 Å². The number of carbonyl (C=O) groups is 2. The molecule has 5 rings (SSSR count). The van der Waals surface area contributed by atoms with Crippen LogP contribution in [-0.2, 0) is 22.2 Å². The summed E-state index contributed by atoms with van der Waals surface area (Å²) in [5.74, 6) is 0.752. The van der Waals surface area contributed by atoms with Gasteiger partial charge in [0.25, 0.3) is 5.56 Å². The first-order valence-corrected chi connectivity index (χ1v) is 15.1. The molecule has 3 aromatic rings. The Morgan fingerprint density at radius 3 is 2.14 bits per heavy atom. The summed E-state index contributed by atoms with van der Waals surface area (Å²) in [5.41, 5.74) is 1.01. The molecule has 9 heteroatoms. The van der Waals surface area contributed by atoms with E-state index in [1.165, 1.54) is 27.7 Å². The summed E-state index contributed by atoms with van der Waals surface area (Å²) in [6, 6.07) is 9.47. The molecule has 1 aliphatic heterocycles. The lowest BCUT2D eigenvalue weighted by atomic mass is 9.90. The van der Waals surface area contributed by atoms with Gasteiger partial charge in [-0.25, -0.2) is 4.39 Å². The van der Waals surface area contributed by atoms with E-state index in [0.717, 1.165) is 0 Å². The second-order valence-electron chi connectivity index (χ2n) is 13.4. The van der Waals surface area contributed by atoms with Gasteiger partial charge in [0.15, 0.2) is 0 Å². The molecule has 1 saturated carbocycles. The van der Waals surface area contributed by atoms with Gasteiger partial charge >= 0.3 is 0 Å². The maximum atomic E-state index is 14.0. The molecule has 1 saturated heterocycles. The Morgan fingerprint density at radius 1 is 0.932 bits per heavy atom. The molecule has 0 radical (unpaired) electrons. The van der Waals surface area contributed by atoms with Crippen molar-refractivity contribution in [3.8, 4) is 28.4 Å². The number of aromatic nitrogens is 1. The second kappa shape index (κ2) is 11.5. The number of likely N-dealkylation sites (tertiary alicyclic amines) is 1. The summed E-state index contributed by atoms with van der Waals surface area (Å²) >= 11 is 0. The minimum absolute atomic E-state index is 0.119. The molecule has 2 aromatic carbocycles. The van der Waals surface area contributed by atoms with Gasteiger partial charge in [-0.15, -0.1) is 0 Å². The summed E-state index contributed by atoms with van der Waals surface area (Å²) in [6.07, 6.45) is 4.13. The third kappa shape index (κ3) is 6.15. The molecule has 0 unspecified atom stereocenters. The van der Waals surface area contributed by atoms with E-state index in [0.29, 0.717) is 70.7 Å². The largest absolute Gasteiger partial charge is 0.490 e. The van der Waals surface area contributed by atoms with Crippen LogP contribution in [0.5, 0.6) is 17.2 Å². The zero-order chi connectivity index (χ0) is 32.1. The van der Waals surface area contributed by atoms with Gasteiger partial charge in [0.1, 0.15) is 23.1 Å². The molecule has 0 atom stereocenters. The molecule has 2 fully saturated rings. The van der Waals surface area contributed by atoms with E-state index in [1.807, 2.05) is 19.9 Å². The molecule has 234 valence electrons. The average Bonchev–Trinajstić information content (AvgIpc) is 3.13. The van der Waals surface area contributed by atoms with E-state index < -0.39 is 11.0 Å². The van der Waals surface area contributed by atoms with E-state index in [1.54, 1.807) is 53.1 Å². The Morgan fingerprint density at radius 2 is 1.57 bits per heavy atom. The van der Waals surface area contributed by atoms with Crippen molar-refractivity contribution >= 4 is 11.8 Å². The van der Waals surface area contributed by atoms with Crippen LogP contribution in [-0.4, -0.2) is 38.5 Å². The minimum Gasteiger partial charge on any atom is -0.490 e. The molecule has 1 N–H and O–H groups in total. The predicted octanol–water partition coefficient (Wildman–Crippen LogP) is 6.30.